The van der Waals surface area contributed by atoms with E-state index in [-0.39, 0.29) is 11.1 Å². The van der Waals surface area contributed by atoms with Gasteiger partial charge in [0.1, 0.15) is 17.4 Å². The first-order valence-corrected chi connectivity index (χ1v) is 17.8. The van der Waals surface area contributed by atoms with Crippen LogP contribution in [0.3, 0.4) is 0 Å². The van der Waals surface area contributed by atoms with Gasteiger partial charge in [0.15, 0.2) is 0 Å². The van der Waals surface area contributed by atoms with Crippen molar-refractivity contribution in [2.75, 3.05) is 0 Å². The molecule has 0 aliphatic carbocycles. The molecule has 0 aromatic heterocycles. The third kappa shape index (κ3) is 4.38. The van der Waals surface area contributed by atoms with Crippen molar-refractivity contribution < 1.29 is 4.74 Å². The lowest BCUT2D eigenvalue weighted by molar-refractivity contribution is 0.242. The van der Waals surface area contributed by atoms with Crippen molar-refractivity contribution in [2.24, 2.45) is 0 Å². The zero-order valence-electron chi connectivity index (χ0n) is 20.7. The molecule has 1 aliphatic heterocycles. The van der Waals surface area contributed by atoms with Crippen LogP contribution in [-0.2, 0) is 16.5 Å². The second-order valence-electron chi connectivity index (χ2n) is 10.7. The van der Waals surface area contributed by atoms with Gasteiger partial charge in [0.2, 0.25) is 0 Å². The maximum absolute atomic E-state index is 6.95. The van der Waals surface area contributed by atoms with E-state index < -0.39 is 14.4 Å². The van der Waals surface area contributed by atoms with Crippen LogP contribution in [0.4, 0.5) is 0 Å². The minimum atomic E-state index is -2.30. The molecule has 3 nitrogen and oxygen atoms in total. The van der Waals surface area contributed by atoms with Crippen LogP contribution in [-0.4, -0.2) is 46.5 Å². The van der Waals surface area contributed by atoms with Gasteiger partial charge in [-0.3, -0.25) is 9.34 Å². The number of halogens is 1. The van der Waals surface area contributed by atoms with Gasteiger partial charge in [0.25, 0.3) is 0 Å². The highest BCUT2D eigenvalue weighted by atomic mass is 35.5. The van der Waals surface area contributed by atoms with Gasteiger partial charge in [-0.05, 0) is 73.1 Å². The van der Waals surface area contributed by atoms with Crippen LogP contribution in [0.2, 0.25) is 24.7 Å². The molecule has 7 heteroatoms. The fourth-order valence-corrected chi connectivity index (χ4v) is 20.2. The zero-order valence-corrected chi connectivity index (χ0v) is 24.2. The van der Waals surface area contributed by atoms with Gasteiger partial charge >= 0.3 is 0 Å². The summed E-state index contributed by atoms with van der Waals surface area (Å²) in [6.45, 7) is 25.6. The topological polar surface area (TPSA) is 19.0 Å². The van der Waals surface area contributed by atoms with E-state index in [0.717, 1.165) is 5.02 Å². The Labute approximate surface area is 196 Å². The molecule has 30 heavy (non-hydrogen) atoms. The molecule has 1 heterocycles. The Kier molecular flexibility index (Phi) is 8.17. The third-order valence-corrected chi connectivity index (χ3v) is 18.5. The quantitative estimate of drug-likeness (QED) is 0.203. The average molecular weight is 489 g/mol. The number of hydrogen-bond donors (Lipinski definition) is 0. The van der Waals surface area contributed by atoms with E-state index in [0.29, 0.717) is 24.2 Å². The van der Waals surface area contributed by atoms with Crippen LogP contribution in [0.5, 0.6) is 0 Å². The molecule has 1 saturated heterocycles. The van der Waals surface area contributed by atoms with Crippen molar-refractivity contribution in [3.8, 4) is 0 Å². The van der Waals surface area contributed by atoms with Crippen LogP contribution < -0.4 is 0 Å². The zero-order chi connectivity index (χ0) is 23.2. The van der Waals surface area contributed by atoms with E-state index in [9.17, 15) is 0 Å². The van der Waals surface area contributed by atoms with E-state index in [4.69, 9.17) is 28.1 Å². The molecule has 0 spiro atoms. The first-order valence-electron chi connectivity index (χ1n) is 11.2. The number of hydrogen-bond acceptors (Lipinski definition) is 2. The predicted molar refractivity (Wildman–Crippen MR) is 140 cm³/mol. The summed E-state index contributed by atoms with van der Waals surface area (Å²) < 4.78 is 12.2. The fraction of sp³-hybridized carbons (Fsp3) is 0.739. The minimum absolute atomic E-state index is 0.0345. The predicted octanol–water partition coefficient (Wildman–Crippen LogP) is 7.53. The molecule has 1 aliphatic rings. The maximum Gasteiger partial charge on any atom is 0.140 e. The van der Waals surface area contributed by atoms with Crippen LogP contribution in [0.25, 0.3) is 0 Å². The van der Waals surface area contributed by atoms with E-state index in [1.54, 1.807) is 0 Å². The van der Waals surface area contributed by atoms with Gasteiger partial charge < -0.3 is 4.74 Å². The van der Waals surface area contributed by atoms with Crippen molar-refractivity contribution >= 4 is 37.8 Å². The first-order chi connectivity index (χ1) is 13.6. The van der Waals surface area contributed by atoms with Gasteiger partial charge in [0.05, 0.1) is 8.07 Å². The second kappa shape index (κ2) is 9.25. The second-order valence-corrected chi connectivity index (χ2v) is 21.0. The molecule has 1 aromatic carbocycles. The summed E-state index contributed by atoms with van der Waals surface area (Å²) in [7, 11) is -1.87. The van der Waals surface area contributed by atoms with Crippen molar-refractivity contribution in [3.63, 3.8) is 0 Å². The Morgan fingerprint density at radius 1 is 0.867 bits per heavy atom. The summed E-state index contributed by atoms with van der Waals surface area (Å²) in [5, 5.41) is 0.759. The molecule has 0 amide bonds. The molecule has 2 rings (SSSR count). The summed E-state index contributed by atoms with van der Waals surface area (Å²) in [5.74, 6) is 0. The summed E-state index contributed by atoms with van der Waals surface area (Å²) in [4.78, 5) is -0.299. The van der Waals surface area contributed by atoms with Gasteiger partial charge in [-0.15, -0.1) is 0 Å². The van der Waals surface area contributed by atoms with E-state index in [1.165, 1.54) is 5.56 Å². The van der Waals surface area contributed by atoms with Crippen molar-refractivity contribution in [1.82, 2.24) is 9.34 Å². The first kappa shape index (κ1) is 26.5. The molecule has 0 radical (unpaired) electrons. The summed E-state index contributed by atoms with van der Waals surface area (Å²) in [5.41, 5.74) is 1.20. The summed E-state index contributed by atoms with van der Waals surface area (Å²) in [6.07, 6.45) is -2.27. The minimum Gasteiger partial charge on any atom is -0.357 e. The largest absolute Gasteiger partial charge is 0.357 e. The Balaban J connectivity index is 2.82. The SMILES string of the molecule is CC(C)N(C(C)C)P(=S)(N(C(C)C)C(C)C)[C@]1([Si](C)(C)C)O[C@H]1c1ccc(Cl)cc1. The van der Waals surface area contributed by atoms with E-state index >= 15 is 0 Å². The summed E-state index contributed by atoms with van der Waals surface area (Å²) in [6, 6.07) is 9.58. The lowest BCUT2D eigenvalue weighted by atomic mass is 10.2. The number of benzene rings is 1. The van der Waals surface area contributed by atoms with Crippen LogP contribution >= 0.6 is 17.9 Å². The Hall–Kier alpha value is 0.257. The Bertz CT molecular complexity index is 738. The smallest absolute Gasteiger partial charge is 0.140 e. The van der Waals surface area contributed by atoms with Gasteiger partial charge in [0, 0.05) is 29.2 Å². The number of epoxide rings is 1. The lowest BCUT2D eigenvalue weighted by Gasteiger charge is -2.55. The molecule has 172 valence electrons. The highest BCUT2D eigenvalue weighted by molar-refractivity contribution is 8.14. The maximum atomic E-state index is 6.95. The molecule has 0 bridgehead atoms. The van der Waals surface area contributed by atoms with E-state index in [1.807, 2.05) is 12.1 Å². The molecule has 1 fully saturated rings. The van der Waals surface area contributed by atoms with E-state index in [2.05, 4.69) is 96.5 Å². The van der Waals surface area contributed by atoms with Crippen molar-refractivity contribution in [2.45, 2.75) is 110 Å². The molecule has 2 atom stereocenters. The normalized spacial score (nSPS) is 22.9. The van der Waals surface area contributed by atoms with Crippen LogP contribution in [0.1, 0.15) is 67.1 Å². The van der Waals surface area contributed by atoms with Gasteiger partial charge in [-0.2, -0.15) is 0 Å². The monoisotopic (exact) mass is 488 g/mol. The van der Waals surface area contributed by atoms with Crippen molar-refractivity contribution in [3.05, 3.63) is 34.9 Å². The molecule has 0 N–H and O–H groups in total. The van der Waals surface area contributed by atoms with Gasteiger partial charge in [-0.25, -0.2) is 0 Å². The highest BCUT2D eigenvalue weighted by Crippen LogP contribution is 2.81. The fourth-order valence-electron chi connectivity index (χ4n) is 5.21. The average Bonchev–Trinajstić information content (AvgIpc) is 3.31. The molecule has 0 unspecified atom stereocenters. The van der Waals surface area contributed by atoms with Crippen molar-refractivity contribution in [1.29, 1.82) is 0 Å². The third-order valence-electron chi connectivity index (χ3n) is 6.02. The number of nitrogens with zero attached hydrogens (tertiary/aromatic N) is 2. The standard InChI is InChI=1S/C23H42ClN2OPSSi/c1-16(2)25(17(3)4)28(29,26(18(5)6)19(7)8)23(30(9,10)11)22(27-23)20-12-14-21(24)15-13-20/h12-19,22H,1-11H3/t22-,23+/m0/s1. The highest BCUT2D eigenvalue weighted by Gasteiger charge is 2.75. The molecule has 1 aromatic rings. The summed E-state index contributed by atoms with van der Waals surface area (Å²) >= 11 is 13.1. The Morgan fingerprint density at radius 2 is 1.23 bits per heavy atom. The van der Waals surface area contributed by atoms with Crippen LogP contribution in [0.15, 0.2) is 24.3 Å². The molecule has 0 saturated carbocycles. The number of rotatable bonds is 9. The van der Waals surface area contributed by atoms with Crippen LogP contribution in [0, 0.1) is 0 Å². The number of ether oxygens (including phenoxy) is 1. The Morgan fingerprint density at radius 3 is 1.53 bits per heavy atom. The van der Waals surface area contributed by atoms with Gasteiger partial charge in [-0.1, -0.05) is 55.2 Å². The molecular formula is C23H42ClN2OPSSi. The lowest BCUT2D eigenvalue weighted by Crippen LogP contribution is -2.55. The molecular weight excluding hydrogens is 447 g/mol.